The Kier molecular flexibility index (Phi) is 4.18. The molecule has 0 aromatic heterocycles. The lowest BCUT2D eigenvalue weighted by Gasteiger charge is -2.19. The number of hydrogen-bond donors (Lipinski definition) is 1. The van der Waals surface area contributed by atoms with E-state index < -0.39 is 17.7 Å². The molecular formula is C12H16O4. The van der Waals surface area contributed by atoms with E-state index in [-0.39, 0.29) is 0 Å². The van der Waals surface area contributed by atoms with Crippen LogP contribution in [-0.2, 0) is 9.78 Å². The zero-order valence-corrected chi connectivity index (χ0v) is 9.64. The van der Waals surface area contributed by atoms with Crippen LogP contribution in [0.3, 0.4) is 0 Å². The largest absolute Gasteiger partial charge is 0.360 e. The molecule has 16 heavy (non-hydrogen) atoms. The van der Waals surface area contributed by atoms with Crippen LogP contribution in [-0.4, -0.2) is 22.8 Å². The Balaban J connectivity index is 2.55. The number of aliphatic hydroxyl groups is 1. The molecule has 0 fully saturated rings. The fraction of sp³-hybridized carbons (Fsp3) is 0.417. The third-order valence-electron chi connectivity index (χ3n) is 1.67. The van der Waals surface area contributed by atoms with Gasteiger partial charge in [0.15, 0.2) is 0 Å². The summed E-state index contributed by atoms with van der Waals surface area (Å²) in [6, 6.07) is 8.42. The smallest absolute Gasteiger partial charge is 0.252 e. The standard InChI is InChI=1S/C12H16O4/c1-12(2,3)16-15-11(14)10(13)9-7-5-4-6-8-9/h4-8,11,14H,1-3H3. The number of aliphatic hydroxyl groups excluding tert-OH is 1. The monoisotopic (exact) mass is 224 g/mol. The molecule has 1 unspecified atom stereocenters. The predicted molar refractivity (Wildman–Crippen MR) is 58.7 cm³/mol. The minimum atomic E-state index is -1.60. The van der Waals surface area contributed by atoms with Crippen LogP contribution in [0.25, 0.3) is 0 Å². The average molecular weight is 224 g/mol. The molecule has 0 aliphatic rings. The summed E-state index contributed by atoms with van der Waals surface area (Å²) in [7, 11) is 0. The van der Waals surface area contributed by atoms with E-state index in [0.717, 1.165) is 0 Å². The van der Waals surface area contributed by atoms with Crippen LogP contribution in [0.1, 0.15) is 31.1 Å². The number of benzene rings is 1. The summed E-state index contributed by atoms with van der Waals surface area (Å²) >= 11 is 0. The lowest BCUT2D eigenvalue weighted by Crippen LogP contribution is -2.29. The second-order valence-corrected chi connectivity index (χ2v) is 4.37. The van der Waals surface area contributed by atoms with Crippen molar-refractivity contribution in [1.29, 1.82) is 0 Å². The Morgan fingerprint density at radius 3 is 2.31 bits per heavy atom. The van der Waals surface area contributed by atoms with Crippen LogP contribution >= 0.6 is 0 Å². The molecule has 0 saturated heterocycles. The van der Waals surface area contributed by atoms with Gasteiger partial charge >= 0.3 is 0 Å². The lowest BCUT2D eigenvalue weighted by atomic mass is 10.1. The third kappa shape index (κ3) is 4.10. The van der Waals surface area contributed by atoms with Gasteiger partial charge in [0.1, 0.15) is 0 Å². The van der Waals surface area contributed by atoms with Gasteiger partial charge in [-0.1, -0.05) is 30.3 Å². The highest BCUT2D eigenvalue weighted by molar-refractivity contribution is 5.98. The van der Waals surface area contributed by atoms with E-state index >= 15 is 0 Å². The third-order valence-corrected chi connectivity index (χ3v) is 1.67. The molecule has 0 saturated carbocycles. The lowest BCUT2D eigenvalue weighted by molar-refractivity contribution is -0.394. The van der Waals surface area contributed by atoms with E-state index in [1.54, 1.807) is 51.1 Å². The van der Waals surface area contributed by atoms with Crippen LogP contribution in [0.4, 0.5) is 0 Å². The second-order valence-electron chi connectivity index (χ2n) is 4.37. The number of hydrogen-bond acceptors (Lipinski definition) is 4. The van der Waals surface area contributed by atoms with Gasteiger partial charge in [-0.15, -0.1) is 0 Å². The van der Waals surface area contributed by atoms with Crippen molar-refractivity contribution in [1.82, 2.24) is 0 Å². The van der Waals surface area contributed by atoms with Crippen LogP contribution in [0.15, 0.2) is 30.3 Å². The van der Waals surface area contributed by atoms with Crippen LogP contribution < -0.4 is 0 Å². The second kappa shape index (κ2) is 5.21. The van der Waals surface area contributed by atoms with Gasteiger partial charge < -0.3 is 5.11 Å². The number of ketones is 1. The molecule has 1 aromatic rings. The molecule has 0 aliphatic heterocycles. The molecule has 1 atom stereocenters. The molecule has 4 nitrogen and oxygen atoms in total. The number of carbonyl (C=O) groups is 1. The van der Waals surface area contributed by atoms with E-state index in [1.807, 2.05) is 0 Å². The molecule has 1 rings (SSSR count). The maximum Gasteiger partial charge on any atom is 0.252 e. The van der Waals surface area contributed by atoms with E-state index in [1.165, 1.54) is 0 Å². The zero-order chi connectivity index (χ0) is 12.2. The van der Waals surface area contributed by atoms with E-state index in [4.69, 9.17) is 4.89 Å². The van der Waals surface area contributed by atoms with Gasteiger partial charge in [-0.05, 0) is 20.8 Å². The summed E-state index contributed by atoms with van der Waals surface area (Å²) in [5.41, 5.74) is -0.190. The fourth-order valence-corrected chi connectivity index (χ4v) is 0.979. The molecule has 1 N–H and O–H groups in total. The Morgan fingerprint density at radius 2 is 1.81 bits per heavy atom. The van der Waals surface area contributed by atoms with Crippen LogP contribution in [0.2, 0.25) is 0 Å². The van der Waals surface area contributed by atoms with Crippen LogP contribution in [0.5, 0.6) is 0 Å². The first-order chi connectivity index (χ1) is 7.40. The normalized spacial score (nSPS) is 13.5. The maximum absolute atomic E-state index is 11.6. The van der Waals surface area contributed by atoms with Gasteiger partial charge in [0.05, 0.1) is 5.60 Å². The first-order valence-electron chi connectivity index (χ1n) is 5.02. The summed E-state index contributed by atoms with van der Waals surface area (Å²) in [4.78, 5) is 21.1. The summed E-state index contributed by atoms with van der Waals surface area (Å²) in [6.07, 6.45) is -1.60. The number of rotatable bonds is 4. The highest BCUT2D eigenvalue weighted by Crippen LogP contribution is 2.11. The molecule has 88 valence electrons. The van der Waals surface area contributed by atoms with Gasteiger partial charge in [-0.2, -0.15) is 4.89 Å². The van der Waals surface area contributed by atoms with Gasteiger partial charge in [0.2, 0.25) is 5.78 Å². The van der Waals surface area contributed by atoms with Gasteiger partial charge in [0, 0.05) is 5.56 Å². The van der Waals surface area contributed by atoms with Crippen molar-refractivity contribution in [2.75, 3.05) is 0 Å². The zero-order valence-electron chi connectivity index (χ0n) is 9.64. The highest BCUT2D eigenvalue weighted by Gasteiger charge is 2.21. The Hall–Kier alpha value is -1.23. The quantitative estimate of drug-likeness (QED) is 0.367. The molecular weight excluding hydrogens is 208 g/mol. The molecule has 0 radical (unpaired) electrons. The summed E-state index contributed by atoms with van der Waals surface area (Å²) < 4.78 is 0. The highest BCUT2D eigenvalue weighted by atomic mass is 17.2. The first-order valence-corrected chi connectivity index (χ1v) is 5.02. The van der Waals surface area contributed by atoms with Crippen molar-refractivity contribution < 1.29 is 19.7 Å². The minimum Gasteiger partial charge on any atom is -0.360 e. The molecule has 0 heterocycles. The maximum atomic E-state index is 11.6. The Labute approximate surface area is 94.7 Å². The van der Waals surface area contributed by atoms with Crippen molar-refractivity contribution in [2.24, 2.45) is 0 Å². The number of carbonyl (C=O) groups excluding carboxylic acids is 1. The van der Waals surface area contributed by atoms with Crippen molar-refractivity contribution in [3.63, 3.8) is 0 Å². The molecule has 0 aliphatic carbocycles. The van der Waals surface area contributed by atoms with Crippen molar-refractivity contribution >= 4 is 5.78 Å². The van der Waals surface area contributed by atoms with E-state index in [2.05, 4.69) is 4.89 Å². The SMILES string of the molecule is CC(C)(C)OOC(O)C(=O)c1ccccc1. The van der Waals surface area contributed by atoms with Gasteiger partial charge in [-0.3, -0.25) is 4.79 Å². The first kappa shape index (κ1) is 12.8. The van der Waals surface area contributed by atoms with Crippen molar-refractivity contribution in [3.8, 4) is 0 Å². The van der Waals surface area contributed by atoms with E-state index in [9.17, 15) is 9.90 Å². The van der Waals surface area contributed by atoms with Gasteiger partial charge in [0.25, 0.3) is 6.29 Å². The van der Waals surface area contributed by atoms with E-state index in [0.29, 0.717) is 5.56 Å². The van der Waals surface area contributed by atoms with Gasteiger partial charge in [-0.25, -0.2) is 4.89 Å². The van der Waals surface area contributed by atoms with Crippen LogP contribution in [0, 0.1) is 0 Å². The molecule has 0 spiro atoms. The van der Waals surface area contributed by atoms with Crippen molar-refractivity contribution in [2.45, 2.75) is 32.7 Å². The molecule has 1 aromatic carbocycles. The summed E-state index contributed by atoms with van der Waals surface area (Å²) in [5, 5.41) is 9.44. The molecule has 4 heteroatoms. The molecule has 0 bridgehead atoms. The summed E-state index contributed by atoms with van der Waals surface area (Å²) in [5.74, 6) is -0.523. The Bertz CT molecular complexity index is 340. The Morgan fingerprint density at radius 1 is 1.25 bits per heavy atom. The number of Topliss-reactive ketones (excluding diaryl/α,β-unsaturated/α-hetero) is 1. The topological polar surface area (TPSA) is 55.8 Å². The molecule has 0 amide bonds. The average Bonchev–Trinajstić information content (AvgIpc) is 2.25. The van der Waals surface area contributed by atoms with Crippen molar-refractivity contribution in [3.05, 3.63) is 35.9 Å². The fourth-order valence-electron chi connectivity index (χ4n) is 0.979. The predicted octanol–water partition coefficient (Wildman–Crippen LogP) is 1.93. The summed E-state index contributed by atoms with van der Waals surface area (Å²) in [6.45, 7) is 5.27. The minimum absolute atomic E-state index is 0.382.